The average molecular weight is 365 g/mol. The van der Waals surface area contributed by atoms with Gasteiger partial charge >= 0.3 is 0 Å². The van der Waals surface area contributed by atoms with Gasteiger partial charge in [0.05, 0.1) is 11.6 Å². The molecule has 134 valence electrons. The maximum absolute atomic E-state index is 5.01. The summed E-state index contributed by atoms with van der Waals surface area (Å²) >= 11 is 1.84. The maximum Gasteiger partial charge on any atom is 0.228 e. The number of nitrogens with one attached hydrogen (secondary N) is 1. The van der Waals surface area contributed by atoms with Gasteiger partial charge < -0.3 is 10.2 Å². The molecule has 5 rings (SSSR count). The van der Waals surface area contributed by atoms with Crippen LogP contribution < -0.4 is 10.2 Å². The summed E-state index contributed by atoms with van der Waals surface area (Å²) in [6.07, 6.45) is 7.51. The molecule has 0 bridgehead atoms. The van der Waals surface area contributed by atoms with E-state index >= 15 is 0 Å². The largest absolute Gasteiger partial charge is 0.367 e. The van der Waals surface area contributed by atoms with Gasteiger partial charge in [0.2, 0.25) is 5.95 Å². The molecule has 1 saturated carbocycles. The fourth-order valence-electron chi connectivity index (χ4n) is 4.35. The number of aromatic nitrogens is 2. The van der Waals surface area contributed by atoms with E-state index in [0.29, 0.717) is 12.1 Å². The van der Waals surface area contributed by atoms with E-state index in [-0.39, 0.29) is 0 Å². The number of nitrogens with zero attached hydrogens (tertiary/aromatic N) is 3. The number of para-hydroxylation sites is 1. The van der Waals surface area contributed by atoms with Crippen molar-refractivity contribution in [3.63, 3.8) is 0 Å². The molecule has 1 N–H and O–H groups in total. The summed E-state index contributed by atoms with van der Waals surface area (Å²) in [7, 11) is 0. The number of anilines is 2. The lowest BCUT2D eigenvalue weighted by atomic mass is 10.2. The van der Waals surface area contributed by atoms with Crippen LogP contribution in [0.1, 0.15) is 49.4 Å². The molecule has 1 unspecified atom stereocenters. The van der Waals surface area contributed by atoms with Crippen molar-refractivity contribution < 1.29 is 0 Å². The van der Waals surface area contributed by atoms with Crippen molar-refractivity contribution in [3.8, 4) is 0 Å². The Hall–Kier alpha value is -2.14. The first-order valence-corrected chi connectivity index (χ1v) is 10.6. The Morgan fingerprint density at radius 3 is 2.69 bits per heavy atom. The highest BCUT2D eigenvalue weighted by molar-refractivity contribution is 7.10. The third-order valence-electron chi connectivity index (χ3n) is 5.67. The standard InChI is InChI=1S/C21H24N4S/c1-2-8-15(7-1)22-20-16-9-3-4-10-17(16)23-21(24-20)25-13-5-11-18(25)19-12-6-14-26-19/h3-4,6,9-10,12,14-15,18H,1-2,5,7-8,11,13H2,(H,22,23,24). The van der Waals surface area contributed by atoms with Gasteiger partial charge in [0, 0.05) is 22.8 Å². The SMILES string of the molecule is c1csc(C2CCCN2c2nc(NC3CCCC3)c3ccccc3n2)c1. The summed E-state index contributed by atoms with van der Waals surface area (Å²) in [4.78, 5) is 13.8. The molecule has 3 heterocycles. The van der Waals surface area contributed by atoms with Gasteiger partial charge in [-0.3, -0.25) is 0 Å². The number of rotatable bonds is 4. The smallest absolute Gasteiger partial charge is 0.228 e. The lowest BCUT2D eigenvalue weighted by Crippen LogP contribution is -2.25. The minimum Gasteiger partial charge on any atom is -0.367 e. The minimum atomic E-state index is 0.412. The van der Waals surface area contributed by atoms with Crippen LogP contribution in [0.25, 0.3) is 10.9 Å². The van der Waals surface area contributed by atoms with E-state index in [4.69, 9.17) is 9.97 Å². The van der Waals surface area contributed by atoms with Gasteiger partial charge in [-0.15, -0.1) is 11.3 Å². The molecule has 2 fully saturated rings. The second kappa shape index (κ2) is 6.88. The van der Waals surface area contributed by atoms with E-state index in [9.17, 15) is 0 Å². The minimum absolute atomic E-state index is 0.412. The molecule has 0 radical (unpaired) electrons. The fourth-order valence-corrected chi connectivity index (χ4v) is 5.22. The quantitative estimate of drug-likeness (QED) is 0.674. The molecule has 5 heteroatoms. The summed E-state index contributed by atoms with van der Waals surface area (Å²) < 4.78 is 0. The van der Waals surface area contributed by atoms with Gasteiger partial charge in [-0.1, -0.05) is 31.0 Å². The van der Waals surface area contributed by atoms with Gasteiger partial charge in [-0.2, -0.15) is 4.98 Å². The molecular formula is C21H24N4S. The van der Waals surface area contributed by atoms with Crippen LogP contribution in [0.5, 0.6) is 0 Å². The molecule has 2 aromatic heterocycles. The Labute approximate surface area is 158 Å². The lowest BCUT2D eigenvalue weighted by Gasteiger charge is -2.25. The molecule has 4 nitrogen and oxygen atoms in total. The van der Waals surface area contributed by atoms with Crippen molar-refractivity contribution in [2.24, 2.45) is 0 Å². The molecule has 0 spiro atoms. The van der Waals surface area contributed by atoms with Crippen LogP contribution in [0.2, 0.25) is 0 Å². The van der Waals surface area contributed by atoms with Crippen molar-refractivity contribution in [3.05, 3.63) is 46.7 Å². The van der Waals surface area contributed by atoms with Crippen molar-refractivity contribution >= 4 is 34.0 Å². The summed E-state index contributed by atoms with van der Waals surface area (Å²) in [5.41, 5.74) is 1.04. The number of thiophene rings is 1. The zero-order chi connectivity index (χ0) is 17.3. The molecule has 3 aromatic rings. The average Bonchev–Trinajstić information content (AvgIpc) is 3.42. The van der Waals surface area contributed by atoms with Crippen LogP contribution in [-0.4, -0.2) is 22.6 Å². The number of hydrogen-bond donors (Lipinski definition) is 1. The molecule has 1 aliphatic heterocycles. The monoisotopic (exact) mass is 364 g/mol. The van der Waals surface area contributed by atoms with E-state index in [2.05, 4.69) is 52.0 Å². The fraction of sp³-hybridized carbons (Fsp3) is 0.429. The maximum atomic E-state index is 5.01. The second-order valence-corrected chi connectivity index (χ2v) is 8.36. The van der Waals surface area contributed by atoms with Crippen LogP contribution in [0, 0.1) is 0 Å². The van der Waals surface area contributed by atoms with E-state index in [1.165, 1.54) is 43.4 Å². The van der Waals surface area contributed by atoms with Gasteiger partial charge in [0.25, 0.3) is 0 Å². The highest BCUT2D eigenvalue weighted by Gasteiger charge is 2.29. The highest BCUT2D eigenvalue weighted by atomic mass is 32.1. The summed E-state index contributed by atoms with van der Waals surface area (Å²) in [6.45, 7) is 1.03. The number of fused-ring (bicyclic) bond motifs is 1. The predicted molar refractivity (Wildman–Crippen MR) is 109 cm³/mol. The van der Waals surface area contributed by atoms with Crippen molar-refractivity contribution in [2.75, 3.05) is 16.8 Å². The summed E-state index contributed by atoms with van der Waals surface area (Å²) in [5.74, 6) is 1.88. The third kappa shape index (κ3) is 2.94. The zero-order valence-corrected chi connectivity index (χ0v) is 15.7. The van der Waals surface area contributed by atoms with Crippen molar-refractivity contribution in [1.82, 2.24) is 9.97 Å². The van der Waals surface area contributed by atoms with Gasteiger partial charge in [-0.05, 0) is 49.3 Å². The summed E-state index contributed by atoms with van der Waals surface area (Å²) in [5, 5.41) is 7.02. The molecule has 26 heavy (non-hydrogen) atoms. The number of hydrogen-bond acceptors (Lipinski definition) is 5. The van der Waals surface area contributed by atoms with Gasteiger partial charge in [0.15, 0.2) is 0 Å². The first-order valence-electron chi connectivity index (χ1n) is 9.72. The number of benzene rings is 1. The van der Waals surface area contributed by atoms with Crippen LogP contribution in [-0.2, 0) is 0 Å². The highest BCUT2D eigenvalue weighted by Crippen LogP contribution is 2.38. The van der Waals surface area contributed by atoms with E-state index in [0.717, 1.165) is 29.2 Å². The molecule has 0 amide bonds. The molecule has 1 atom stereocenters. The Morgan fingerprint density at radius 1 is 0.962 bits per heavy atom. The Balaban J connectivity index is 1.55. The van der Waals surface area contributed by atoms with Crippen LogP contribution >= 0.6 is 11.3 Å². The first-order chi connectivity index (χ1) is 12.9. The third-order valence-corrected chi connectivity index (χ3v) is 6.64. The molecule has 1 aromatic carbocycles. The van der Waals surface area contributed by atoms with Crippen LogP contribution in [0.15, 0.2) is 41.8 Å². The van der Waals surface area contributed by atoms with Crippen LogP contribution in [0.4, 0.5) is 11.8 Å². The predicted octanol–water partition coefficient (Wildman–Crippen LogP) is 5.39. The zero-order valence-electron chi connectivity index (χ0n) is 14.9. The van der Waals surface area contributed by atoms with Gasteiger partial charge in [0.1, 0.15) is 5.82 Å². The topological polar surface area (TPSA) is 41.1 Å². The summed E-state index contributed by atoms with van der Waals surface area (Å²) in [6, 6.07) is 13.7. The Kier molecular flexibility index (Phi) is 4.25. The Bertz CT molecular complexity index is 886. The molecule has 1 aliphatic carbocycles. The van der Waals surface area contributed by atoms with Gasteiger partial charge in [-0.25, -0.2) is 4.98 Å². The van der Waals surface area contributed by atoms with Crippen molar-refractivity contribution in [1.29, 1.82) is 0 Å². The van der Waals surface area contributed by atoms with Crippen LogP contribution in [0.3, 0.4) is 0 Å². The normalized spacial score (nSPS) is 20.9. The second-order valence-electron chi connectivity index (χ2n) is 7.38. The van der Waals surface area contributed by atoms with E-state index < -0.39 is 0 Å². The van der Waals surface area contributed by atoms with Crippen molar-refractivity contribution in [2.45, 2.75) is 50.6 Å². The van der Waals surface area contributed by atoms with E-state index in [1.54, 1.807) is 0 Å². The molecule has 2 aliphatic rings. The first kappa shape index (κ1) is 16.1. The Morgan fingerprint density at radius 2 is 1.85 bits per heavy atom. The molecule has 1 saturated heterocycles. The molecular weight excluding hydrogens is 340 g/mol. The lowest BCUT2D eigenvalue weighted by molar-refractivity contribution is 0.713. The van der Waals surface area contributed by atoms with E-state index in [1.807, 2.05) is 11.3 Å².